The third-order valence-corrected chi connectivity index (χ3v) is 7.28. The number of amides is 1. The van der Waals surface area contributed by atoms with E-state index < -0.39 is 0 Å². The van der Waals surface area contributed by atoms with Gasteiger partial charge in [-0.15, -0.1) is 0 Å². The average molecular weight is 404 g/mol. The molecule has 0 saturated carbocycles. The van der Waals surface area contributed by atoms with Crippen molar-refractivity contribution in [1.29, 1.82) is 0 Å². The van der Waals surface area contributed by atoms with Crippen LogP contribution in [-0.4, -0.2) is 66.3 Å². The van der Waals surface area contributed by atoms with Crippen LogP contribution in [0.25, 0.3) is 0 Å². The Morgan fingerprint density at radius 2 is 1.97 bits per heavy atom. The maximum atomic E-state index is 13.7. The first-order valence-electron chi connectivity index (χ1n) is 11.4. The van der Waals surface area contributed by atoms with Crippen molar-refractivity contribution in [2.75, 3.05) is 33.3 Å². The Balaban J connectivity index is 1.57. The molecule has 4 rings (SSSR count). The highest BCUT2D eigenvalue weighted by Crippen LogP contribution is 2.38. The molecule has 29 heavy (non-hydrogen) atoms. The van der Waals surface area contributed by atoms with Gasteiger partial charge in [0, 0.05) is 31.2 Å². The molecule has 1 amide bonds. The van der Waals surface area contributed by atoms with Gasteiger partial charge in [-0.25, -0.2) is 0 Å². The zero-order valence-corrected chi connectivity index (χ0v) is 18.6. The van der Waals surface area contributed by atoms with Gasteiger partial charge in [-0.1, -0.05) is 25.9 Å². The maximum Gasteiger partial charge on any atom is 0.276 e. The van der Waals surface area contributed by atoms with Gasteiger partial charge in [-0.05, 0) is 70.0 Å². The minimum Gasteiger partial charge on any atom is -0.376 e. The van der Waals surface area contributed by atoms with Gasteiger partial charge in [0.2, 0.25) is 0 Å². The lowest BCUT2D eigenvalue weighted by molar-refractivity contribution is 0.0312. The number of fused-ring (bicyclic) bond motifs is 1. The van der Waals surface area contributed by atoms with Crippen molar-refractivity contribution in [3.63, 3.8) is 0 Å². The lowest BCUT2D eigenvalue weighted by Crippen LogP contribution is -2.49. The van der Waals surface area contributed by atoms with E-state index in [4.69, 9.17) is 9.26 Å². The number of hydrogen-bond donors (Lipinski definition) is 0. The van der Waals surface area contributed by atoms with Gasteiger partial charge in [0.15, 0.2) is 5.69 Å². The molecule has 0 N–H and O–H groups in total. The van der Waals surface area contributed by atoms with Gasteiger partial charge >= 0.3 is 0 Å². The summed E-state index contributed by atoms with van der Waals surface area (Å²) in [5.74, 6) is 1.53. The Morgan fingerprint density at radius 1 is 1.21 bits per heavy atom. The molecule has 0 unspecified atom stereocenters. The van der Waals surface area contributed by atoms with Crippen molar-refractivity contribution in [1.82, 2.24) is 15.0 Å². The molecule has 0 spiro atoms. The summed E-state index contributed by atoms with van der Waals surface area (Å²) >= 11 is 0. The van der Waals surface area contributed by atoms with E-state index >= 15 is 0 Å². The van der Waals surface area contributed by atoms with Crippen LogP contribution < -0.4 is 0 Å². The van der Waals surface area contributed by atoms with Crippen molar-refractivity contribution in [2.24, 2.45) is 11.3 Å². The zero-order chi connectivity index (χ0) is 20.6. The van der Waals surface area contributed by atoms with Crippen molar-refractivity contribution >= 4 is 5.91 Å². The fourth-order valence-corrected chi connectivity index (χ4v) is 5.16. The molecule has 0 bridgehead atoms. The third-order valence-electron chi connectivity index (χ3n) is 7.28. The molecule has 6 heteroatoms. The molecule has 0 radical (unpaired) electrons. The number of likely N-dealkylation sites (tertiary alicyclic amines) is 1. The van der Waals surface area contributed by atoms with Crippen molar-refractivity contribution in [3.8, 4) is 0 Å². The largest absolute Gasteiger partial charge is 0.376 e. The molecule has 2 saturated heterocycles. The first-order chi connectivity index (χ1) is 13.8. The fourth-order valence-electron chi connectivity index (χ4n) is 5.16. The zero-order valence-electron chi connectivity index (χ0n) is 18.6. The number of hydrogen-bond acceptors (Lipinski definition) is 5. The topological polar surface area (TPSA) is 58.8 Å². The van der Waals surface area contributed by atoms with E-state index in [9.17, 15) is 4.79 Å². The van der Waals surface area contributed by atoms with Crippen molar-refractivity contribution in [2.45, 2.75) is 77.9 Å². The summed E-state index contributed by atoms with van der Waals surface area (Å²) in [7, 11) is 2.16. The molecular formula is C23H37N3O3. The number of aryl methyl sites for hydroxylation is 1. The van der Waals surface area contributed by atoms with Gasteiger partial charge in [-0.3, -0.25) is 4.79 Å². The summed E-state index contributed by atoms with van der Waals surface area (Å²) in [5, 5.41) is 4.30. The molecule has 1 aromatic heterocycles. The second kappa shape index (κ2) is 8.38. The molecule has 1 aliphatic carbocycles. The predicted octanol–water partition coefficient (Wildman–Crippen LogP) is 3.54. The average Bonchev–Trinajstić information content (AvgIpc) is 3.35. The van der Waals surface area contributed by atoms with Crippen LogP contribution in [-0.2, 0) is 17.6 Å². The van der Waals surface area contributed by atoms with Gasteiger partial charge < -0.3 is 19.1 Å². The summed E-state index contributed by atoms with van der Waals surface area (Å²) in [4.78, 5) is 18.2. The molecule has 2 aliphatic heterocycles. The first kappa shape index (κ1) is 20.9. The monoisotopic (exact) mass is 403 g/mol. The number of carbonyl (C=O) groups is 1. The van der Waals surface area contributed by atoms with Crippen LogP contribution >= 0.6 is 0 Å². The summed E-state index contributed by atoms with van der Waals surface area (Å²) < 4.78 is 11.5. The van der Waals surface area contributed by atoms with Crippen LogP contribution in [0.4, 0.5) is 0 Å². The maximum absolute atomic E-state index is 13.7. The lowest BCUT2D eigenvalue weighted by atomic mass is 9.71. The molecule has 2 fully saturated rings. The van der Waals surface area contributed by atoms with Gasteiger partial charge in [0.1, 0.15) is 5.76 Å². The van der Waals surface area contributed by atoms with Gasteiger partial charge in [0.05, 0.1) is 6.10 Å². The normalized spacial score (nSPS) is 26.5. The smallest absolute Gasteiger partial charge is 0.276 e. The van der Waals surface area contributed by atoms with E-state index in [1.54, 1.807) is 0 Å². The van der Waals surface area contributed by atoms with Crippen LogP contribution in [0.5, 0.6) is 0 Å². The Bertz CT molecular complexity index is 709. The van der Waals surface area contributed by atoms with Gasteiger partial charge in [-0.2, -0.15) is 0 Å². The minimum absolute atomic E-state index is 0.0506. The number of aromatic nitrogens is 1. The van der Waals surface area contributed by atoms with E-state index in [0.29, 0.717) is 18.2 Å². The highest BCUT2D eigenvalue weighted by Gasteiger charge is 2.38. The molecule has 3 aliphatic rings. The van der Waals surface area contributed by atoms with Crippen molar-refractivity contribution < 1.29 is 14.1 Å². The Hall–Kier alpha value is -1.40. The number of piperidine rings is 1. The lowest BCUT2D eigenvalue weighted by Gasteiger charge is -2.38. The summed E-state index contributed by atoms with van der Waals surface area (Å²) in [6.07, 6.45) is 7.20. The summed E-state index contributed by atoms with van der Waals surface area (Å²) in [6, 6.07) is 0.261. The second-order valence-corrected chi connectivity index (χ2v) is 10.4. The van der Waals surface area contributed by atoms with E-state index in [2.05, 4.69) is 42.8 Å². The number of rotatable bonds is 4. The van der Waals surface area contributed by atoms with E-state index in [0.717, 1.165) is 76.0 Å². The molecule has 0 aromatic carbocycles. The van der Waals surface area contributed by atoms with Crippen LogP contribution in [0.2, 0.25) is 0 Å². The summed E-state index contributed by atoms with van der Waals surface area (Å²) in [6.45, 7) is 10.4. The molecular weight excluding hydrogens is 366 g/mol. The van der Waals surface area contributed by atoms with Crippen LogP contribution in [0.1, 0.15) is 74.7 Å². The molecule has 1 aromatic rings. The quantitative estimate of drug-likeness (QED) is 0.770. The number of carbonyl (C=O) groups excluding carboxylic acids is 1. The van der Waals surface area contributed by atoms with Crippen LogP contribution in [0, 0.1) is 11.3 Å². The molecule has 162 valence electrons. The fraction of sp³-hybridized carbons (Fsp3) is 0.826. The standard InChI is InChI=1S/C23H37N3O3/c1-23(2,3)16-7-8-20-19(14-16)21(24-29-20)22(27)26(15-18-6-5-13-28-18)17-9-11-25(4)12-10-17/h16-18H,5-15H2,1-4H3/t16-,18+/m1/s1. The molecule has 3 heterocycles. The van der Waals surface area contributed by atoms with Crippen LogP contribution in [0.3, 0.4) is 0 Å². The highest BCUT2D eigenvalue weighted by molar-refractivity contribution is 5.94. The Morgan fingerprint density at radius 3 is 2.62 bits per heavy atom. The Kier molecular flexibility index (Phi) is 6.03. The SMILES string of the molecule is CN1CCC(N(C[C@@H]2CCCO2)C(=O)c2noc3c2C[C@H](C(C)(C)C)CC3)CC1. The van der Waals surface area contributed by atoms with Crippen molar-refractivity contribution in [3.05, 3.63) is 17.0 Å². The first-order valence-corrected chi connectivity index (χ1v) is 11.4. The summed E-state index contributed by atoms with van der Waals surface area (Å²) in [5.41, 5.74) is 1.85. The number of nitrogens with zero attached hydrogens (tertiary/aromatic N) is 3. The predicted molar refractivity (Wildman–Crippen MR) is 112 cm³/mol. The van der Waals surface area contributed by atoms with E-state index in [-0.39, 0.29) is 23.5 Å². The minimum atomic E-state index is 0.0506. The van der Waals surface area contributed by atoms with E-state index in [1.165, 1.54) is 0 Å². The molecule has 2 atom stereocenters. The Labute approximate surface area is 174 Å². The van der Waals surface area contributed by atoms with E-state index in [1.807, 2.05) is 0 Å². The highest BCUT2D eigenvalue weighted by atomic mass is 16.5. The third kappa shape index (κ3) is 4.53. The number of ether oxygens (including phenoxy) is 1. The van der Waals surface area contributed by atoms with Gasteiger partial charge in [0.25, 0.3) is 5.91 Å². The second-order valence-electron chi connectivity index (χ2n) is 10.4. The van der Waals surface area contributed by atoms with Crippen LogP contribution in [0.15, 0.2) is 4.52 Å². The molecule has 6 nitrogen and oxygen atoms in total.